The van der Waals surface area contributed by atoms with Gasteiger partial charge in [-0.25, -0.2) is 0 Å². The van der Waals surface area contributed by atoms with Gasteiger partial charge in [0.05, 0.1) is 0 Å². The van der Waals surface area contributed by atoms with E-state index in [4.69, 9.17) is 0 Å². The van der Waals surface area contributed by atoms with Gasteiger partial charge in [-0.1, -0.05) is 12.1 Å². The number of likely N-dealkylation sites (tertiary alicyclic amines) is 1. The molecule has 0 radical (unpaired) electrons. The third-order valence-corrected chi connectivity index (χ3v) is 8.14. The maximum atomic E-state index is 12.9. The Labute approximate surface area is 196 Å². The molecule has 3 saturated heterocycles. The van der Waals surface area contributed by atoms with Gasteiger partial charge in [0, 0.05) is 25.1 Å². The summed E-state index contributed by atoms with van der Waals surface area (Å²) in [6, 6.07) is 5.60. The van der Waals surface area contributed by atoms with E-state index in [1.165, 1.54) is 57.2 Å². The second kappa shape index (κ2) is 9.94. The van der Waals surface area contributed by atoms with Crippen LogP contribution in [-0.4, -0.2) is 59.7 Å². The highest BCUT2D eigenvalue weighted by atomic mass is 16.2. The zero-order valence-electron chi connectivity index (χ0n) is 19.5. The normalized spacial score (nSPS) is 26.1. The summed E-state index contributed by atoms with van der Waals surface area (Å²) in [5.74, 6) is 1.12. The van der Waals surface area contributed by atoms with Crippen molar-refractivity contribution in [2.24, 2.45) is 11.8 Å². The van der Waals surface area contributed by atoms with Gasteiger partial charge in [0.25, 0.3) is 5.91 Å². The Morgan fingerprint density at radius 2 is 1.64 bits per heavy atom. The fourth-order valence-corrected chi connectivity index (χ4v) is 6.34. The van der Waals surface area contributed by atoms with Gasteiger partial charge in [0.15, 0.2) is 0 Å². The number of nitrogens with one attached hydrogen (secondary N) is 2. The number of amides is 3. The van der Waals surface area contributed by atoms with Crippen molar-refractivity contribution in [2.45, 2.75) is 70.5 Å². The van der Waals surface area contributed by atoms with E-state index in [9.17, 15) is 14.4 Å². The molecule has 7 nitrogen and oxygen atoms in total. The quantitative estimate of drug-likeness (QED) is 0.686. The second-order valence-corrected chi connectivity index (χ2v) is 10.3. The lowest BCUT2D eigenvalue weighted by Gasteiger charge is -2.34. The third kappa shape index (κ3) is 4.99. The van der Waals surface area contributed by atoms with Crippen molar-refractivity contribution in [1.82, 2.24) is 20.4 Å². The summed E-state index contributed by atoms with van der Waals surface area (Å²) in [5.41, 5.74) is 2.93. The van der Waals surface area contributed by atoms with Crippen LogP contribution in [-0.2, 0) is 22.7 Å². The second-order valence-electron chi connectivity index (χ2n) is 10.3. The number of hydrogen-bond donors (Lipinski definition) is 2. The van der Waals surface area contributed by atoms with Crippen LogP contribution in [0.4, 0.5) is 0 Å². The van der Waals surface area contributed by atoms with Crippen LogP contribution in [0.5, 0.6) is 0 Å². The Morgan fingerprint density at radius 1 is 0.909 bits per heavy atom. The Morgan fingerprint density at radius 3 is 2.36 bits per heavy atom. The van der Waals surface area contributed by atoms with Crippen LogP contribution in [0, 0.1) is 11.8 Å². The van der Waals surface area contributed by atoms with Crippen molar-refractivity contribution in [1.29, 1.82) is 0 Å². The van der Waals surface area contributed by atoms with E-state index >= 15 is 0 Å². The van der Waals surface area contributed by atoms with Crippen LogP contribution in [0.3, 0.4) is 0 Å². The van der Waals surface area contributed by atoms with E-state index in [0.29, 0.717) is 18.5 Å². The summed E-state index contributed by atoms with van der Waals surface area (Å²) in [7, 11) is 0. The Kier molecular flexibility index (Phi) is 6.79. The maximum Gasteiger partial charge on any atom is 0.255 e. The molecule has 0 bridgehead atoms. The van der Waals surface area contributed by atoms with Crippen molar-refractivity contribution in [3.05, 3.63) is 34.9 Å². The zero-order valence-corrected chi connectivity index (χ0v) is 19.5. The van der Waals surface area contributed by atoms with E-state index in [1.54, 1.807) is 4.90 Å². The predicted octanol–water partition coefficient (Wildman–Crippen LogP) is 2.44. The molecule has 7 heteroatoms. The lowest BCUT2D eigenvalue weighted by Crippen LogP contribution is -2.52. The minimum Gasteiger partial charge on any atom is -0.322 e. The predicted molar refractivity (Wildman–Crippen MR) is 125 cm³/mol. The van der Waals surface area contributed by atoms with Gasteiger partial charge >= 0.3 is 0 Å². The number of carbonyl (C=O) groups is 3. The van der Waals surface area contributed by atoms with E-state index in [0.717, 1.165) is 37.0 Å². The van der Waals surface area contributed by atoms with Crippen LogP contribution in [0.25, 0.3) is 0 Å². The topological polar surface area (TPSA) is 81.8 Å². The average molecular weight is 453 g/mol. The third-order valence-electron chi connectivity index (χ3n) is 8.14. The number of rotatable bonds is 4. The molecule has 33 heavy (non-hydrogen) atoms. The van der Waals surface area contributed by atoms with Gasteiger partial charge < -0.3 is 10.2 Å². The van der Waals surface area contributed by atoms with E-state index in [-0.39, 0.29) is 24.1 Å². The average Bonchev–Trinajstić information content (AvgIpc) is 3.11. The SMILES string of the molecule is O=C1CCC(N2Cc3cc(CN4CCCC(C5CCNCC5)CCC4)ccc3C2=O)C(=O)N1. The molecule has 2 N–H and O–H groups in total. The highest BCUT2D eigenvalue weighted by molar-refractivity contribution is 6.05. The lowest BCUT2D eigenvalue weighted by atomic mass is 9.79. The highest BCUT2D eigenvalue weighted by Gasteiger charge is 2.39. The summed E-state index contributed by atoms with van der Waals surface area (Å²) < 4.78 is 0. The van der Waals surface area contributed by atoms with Gasteiger partial charge in [-0.3, -0.25) is 24.6 Å². The first kappa shape index (κ1) is 22.5. The van der Waals surface area contributed by atoms with E-state index in [1.807, 2.05) is 6.07 Å². The molecule has 0 aromatic heterocycles. The Hall–Kier alpha value is -2.25. The number of hydrogen-bond acceptors (Lipinski definition) is 5. The number of carbonyl (C=O) groups excluding carboxylic acids is 3. The van der Waals surface area contributed by atoms with Crippen molar-refractivity contribution < 1.29 is 14.4 Å². The van der Waals surface area contributed by atoms with Crippen molar-refractivity contribution in [3.8, 4) is 0 Å². The number of imide groups is 1. The van der Waals surface area contributed by atoms with Crippen LogP contribution < -0.4 is 10.6 Å². The van der Waals surface area contributed by atoms with Gasteiger partial charge in [-0.15, -0.1) is 0 Å². The number of nitrogens with zero attached hydrogens (tertiary/aromatic N) is 2. The number of piperidine rings is 2. The monoisotopic (exact) mass is 452 g/mol. The summed E-state index contributed by atoms with van der Waals surface area (Å²) in [4.78, 5) is 40.8. The first-order valence-electron chi connectivity index (χ1n) is 12.8. The molecule has 3 fully saturated rings. The molecule has 4 heterocycles. The molecule has 5 rings (SSSR count). The first-order valence-corrected chi connectivity index (χ1v) is 12.8. The molecule has 3 amide bonds. The molecule has 0 saturated carbocycles. The molecular formula is C26H36N4O3. The van der Waals surface area contributed by atoms with Crippen molar-refractivity contribution in [3.63, 3.8) is 0 Å². The maximum absolute atomic E-state index is 12.9. The fraction of sp³-hybridized carbons (Fsp3) is 0.654. The molecule has 1 unspecified atom stereocenters. The molecule has 0 spiro atoms. The fourth-order valence-electron chi connectivity index (χ4n) is 6.34. The van der Waals surface area contributed by atoms with E-state index in [2.05, 4.69) is 27.7 Å². The summed E-state index contributed by atoms with van der Waals surface area (Å²) in [6.07, 6.45) is 8.61. The smallest absolute Gasteiger partial charge is 0.255 e. The molecule has 4 aliphatic heterocycles. The summed E-state index contributed by atoms with van der Waals surface area (Å²) in [6.45, 7) is 6.02. The highest BCUT2D eigenvalue weighted by Crippen LogP contribution is 2.32. The van der Waals surface area contributed by atoms with Gasteiger partial charge in [0.2, 0.25) is 11.8 Å². The lowest BCUT2D eigenvalue weighted by molar-refractivity contribution is -0.136. The van der Waals surface area contributed by atoms with Gasteiger partial charge in [-0.2, -0.15) is 0 Å². The molecule has 1 atom stereocenters. The number of benzene rings is 1. The Balaban J connectivity index is 1.18. The first-order chi connectivity index (χ1) is 16.1. The van der Waals surface area contributed by atoms with Crippen molar-refractivity contribution in [2.75, 3.05) is 26.2 Å². The van der Waals surface area contributed by atoms with Crippen molar-refractivity contribution >= 4 is 17.7 Å². The molecular weight excluding hydrogens is 416 g/mol. The van der Waals surface area contributed by atoms with Crippen LogP contribution >= 0.6 is 0 Å². The van der Waals surface area contributed by atoms with Crippen LogP contribution in [0.1, 0.15) is 72.9 Å². The minimum absolute atomic E-state index is 0.0961. The van der Waals surface area contributed by atoms with Crippen LogP contribution in [0.15, 0.2) is 18.2 Å². The minimum atomic E-state index is -0.548. The molecule has 4 aliphatic rings. The largest absolute Gasteiger partial charge is 0.322 e. The molecule has 178 valence electrons. The Bertz CT molecular complexity index is 901. The van der Waals surface area contributed by atoms with E-state index < -0.39 is 6.04 Å². The summed E-state index contributed by atoms with van der Waals surface area (Å²) in [5, 5.41) is 5.87. The molecule has 1 aromatic rings. The molecule has 0 aliphatic carbocycles. The van der Waals surface area contributed by atoms with Gasteiger partial charge in [0.1, 0.15) is 6.04 Å². The van der Waals surface area contributed by atoms with Crippen LogP contribution in [0.2, 0.25) is 0 Å². The summed E-state index contributed by atoms with van der Waals surface area (Å²) >= 11 is 0. The standard InChI is InChI=1S/C26H36N4O3/c31-24-8-7-23(25(32)28-24)30-17-21-15-18(5-6-22(21)26(30)33)16-29-13-1-3-19(4-2-14-29)20-9-11-27-12-10-20/h5-6,15,19-20,23,27H,1-4,7-14,16-17H2,(H,28,31,32). The molecule has 1 aromatic carbocycles. The van der Waals surface area contributed by atoms with Gasteiger partial charge in [-0.05, 0) is 100 Å². The zero-order chi connectivity index (χ0) is 22.8. The number of fused-ring (bicyclic) bond motifs is 1.